The van der Waals surface area contributed by atoms with Crippen molar-refractivity contribution >= 4 is 15.9 Å². The largest absolute Gasteiger partial charge is 0.387 e. The first-order valence-electron chi connectivity index (χ1n) is 3.75. The van der Waals surface area contributed by atoms with E-state index < -0.39 is 17.7 Å². The number of nitriles is 1. The number of hydrogen-bond acceptors (Lipinski definition) is 2. The van der Waals surface area contributed by atoms with Crippen molar-refractivity contribution in [1.82, 2.24) is 0 Å². The van der Waals surface area contributed by atoms with Crippen LogP contribution in [0.5, 0.6) is 0 Å². The van der Waals surface area contributed by atoms with Crippen LogP contribution in [0.3, 0.4) is 0 Å². The number of halogens is 3. The van der Waals surface area contributed by atoms with Crippen LogP contribution >= 0.6 is 15.9 Å². The van der Waals surface area contributed by atoms with Crippen molar-refractivity contribution in [3.05, 3.63) is 33.8 Å². The Hall–Kier alpha value is -0.990. The third-order valence-electron chi connectivity index (χ3n) is 1.68. The average molecular weight is 262 g/mol. The van der Waals surface area contributed by atoms with Gasteiger partial charge in [-0.15, -0.1) is 0 Å². The highest BCUT2D eigenvalue weighted by Crippen LogP contribution is 2.27. The molecule has 1 rings (SSSR count). The maximum Gasteiger partial charge on any atom is 0.159 e. The zero-order valence-corrected chi connectivity index (χ0v) is 8.55. The molecule has 1 aromatic carbocycles. The summed E-state index contributed by atoms with van der Waals surface area (Å²) in [6.07, 6.45) is -1.27. The first-order valence-corrected chi connectivity index (χ1v) is 4.55. The lowest BCUT2D eigenvalue weighted by Gasteiger charge is -2.09. The monoisotopic (exact) mass is 261 g/mol. The van der Waals surface area contributed by atoms with Crippen LogP contribution in [-0.4, -0.2) is 5.11 Å². The van der Waals surface area contributed by atoms with Crippen molar-refractivity contribution in [1.29, 1.82) is 5.26 Å². The predicted molar refractivity (Wildman–Crippen MR) is 49.2 cm³/mol. The first kappa shape index (κ1) is 11.1. The summed E-state index contributed by atoms with van der Waals surface area (Å²) in [6, 6.07) is 3.54. The van der Waals surface area contributed by atoms with E-state index in [0.29, 0.717) is 0 Å². The molecule has 0 amide bonds. The second kappa shape index (κ2) is 4.49. The van der Waals surface area contributed by atoms with Crippen LogP contribution in [0, 0.1) is 23.0 Å². The molecule has 1 atom stereocenters. The Bertz CT molecular complexity index is 389. The number of benzene rings is 1. The molecule has 1 aromatic rings. The fourth-order valence-corrected chi connectivity index (χ4v) is 1.57. The van der Waals surface area contributed by atoms with Crippen LogP contribution in [0.2, 0.25) is 0 Å². The van der Waals surface area contributed by atoms with Crippen molar-refractivity contribution in [3.8, 4) is 6.07 Å². The Morgan fingerprint density at radius 1 is 1.43 bits per heavy atom. The second-order valence-corrected chi connectivity index (χ2v) is 3.52. The maximum absolute atomic E-state index is 12.8. The van der Waals surface area contributed by atoms with E-state index in [9.17, 15) is 13.9 Å². The summed E-state index contributed by atoms with van der Waals surface area (Å²) in [4.78, 5) is 0. The van der Waals surface area contributed by atoms with Crippen LogP contribution in [0.1, 0.15) is 18.1 Å². The molecule has 5 heteroatoms. The van der Waals surface area contributed by atoms with Gasteiger partial charge in [0.1, 0.15) is 0 Å². The van der Waals surface area contributed by atoms with Crippen molar-refractivity contribution in [2.75, 3.05) is 0 Å². The minimum atomic E-state index is -1.11. The standard InChI is InChI=1S/C9H6BrF2NO/c10-6-4-8(12)7(11)3-5(6)9(14)1-2-13/h3-4,9,14H,1H2. The van der Waals surface area contributed by atoms with Crippen molar-refractivity contribution in [2.24, 2.45) is 0 Å². The fourth-order valence-electron chi connectivity index (χ4n) is 0.990. The number of rotatable bonds is 2. The molecule has 0 aromatic heterocycles. The third-order valence-corrected chi connectivity index (χ3v) is 2.37. The van der Waals surface area contributed by atoms with Crippen LogP contribution in [-0.2, 0) is 0 Å². The van der Waals surface area contributed by atoms with E-state index in [1.807, 2.05) is 0 Å². The second-order valence-electron chi connectivity index (χ2n) is 2.67. The fraction of sp³-hybridized carbons (Fsp3) is 0.222. The number of hydrogen-bond donors (Lipinski definition) is 1. The molecular formula is C9H6BrF2NO. The topological polar surface area (TPSA) is 44.0 Å². The zero-order chi connectivity index (χ0) is 10.7. The summed E-state index contributed by atoms with van der Waals surface area (Å²) in [6.45, 7) is 0. The van der Waals surface area contributed by atoms with Crippen molar-refractivity contribution < 1.29 is 13.9 Å². The Kier molecular flexibility index (Phi) is 3.55. The van der Waals surface area contributed by atoms with Gasteiger partial charge in [0, 0.05) is 4.47 Å². The van der Waals surface area contributed by atoms with Crippen LogP contribution < -0.4 is 0 Å². The van der Waals surface area contributed by atoms with E-state index in [4.69, 9.17) is 5.26 Å². The van der Waals surface area contributed by atoms with Gasteiger partial charge in [0.15, 0.2) is 11.6 Å². The highest BCUT2D eigenvalue weighted by molar-refractivity contribution is 9.10. The molecule has 14 heavy (non-hydrogen) atoms. The lowest BCUT2D eigenvalue weighted by Crippen LogP contribution is -1.99. The Balaban J connectivity index is 3.10. The van der Waals surface area contributed by atoms with Gasteiger partial charge >= 0.3 is 0 Å². The van der Waals surface area contributed by atoms with E-state index in [1.165, 1.54) is 0 Å². The van der Waals surface area contributed by atoms with Gasteiger partial charge in [0.25, 0.3) is 0 Å². The van der Waals surface area contributed by atoms with Gasteiger partial charge in [-0.1, -0.05) is 15.9 Å². The molecule has 0 heterocycles. The lowest BCUT2D eigenvalue weighted by molar-refractivity contribution is 0.182. The highest BCUT2D eigenvalue weighted by atomic mass is 79.9. The molecule has 1 unspecified atom stereocenters. The van der Waals surface area contributed by atoms with E-state index in [2.05, 4.69) is 15.9 Å². The first-order chi connectivity index (χ1) is 6.56. The molecule has 2 nitrogen and oxygen atoms in total. The van der Waals surface area contributed by atoms with E-state index in [-0.39, 0.29) is 16.5 Å². The molecule has 0 aliphatic carbocycles. The van der Waals surface area contributed by atoms with Gasteiger partial charge in [-0.05, 0) is 17.7 Å². The number of aliphatic hydroxyl groups excluding tert-OH is 1. The Morgan fingerprint density at radius 3 is 2.57 bits per heavy atom. The molecular weight excluding hydrogens is 256 g/mol. The van der Waals surface area contributed by atoms with Gasteiger partial charge < -0.3 is 5.11 Å². The molecule has 0 aliphatic rings. The Labute approximate surface area is 87.9 Å². The summed E-state index contributed by atoms with van der Waals surface area (Å²) in [5.74, 6) is -2.04. The average Bonchev–Trinajstić information content (AvgIpc) is 2.11. The summed E-state index contributed by atoms with van der Waals surface area (Å²) >= 11 is 2.98. The van der Waals surface area contributed by atoms with Gasteiger partial charge in [-0.3, -0.25) is 0 Å². The minimum absolute atomic E-state index is 0.163. The summed E-state index contributed by atoms with van der Waals surface area (Å²) in [5.41, 5.74) is 0.172. The third kappa shape index (κ3) is 2.28. The van der Waals surface area contributed by atoms with Crippen LogP contribution in [0.4, 0.5) is 8.78 Å². The molecule has 0 aliphatic heterocycles. The quantitative estimate of drug-likeness (QED) is 0.832. The van der Waals surface area contributed by atoms with Gasteiger partial charge in [0.2, 0.25) is 0 Å². The lowest BCUT2D eigenvalue weighted by atomic mass is 10.1. The normalized spacial score (nSPS) is 12.2. The molecule has 0 saturated heterocycles. The van der Waals surface area contributed by atoms with Gasteiger partial charge in [0.05, 0.1) is 18.6 Å². The molecule has 1 N–H and O–H groups in total. The predicted octanol–water partition coefficient (Wildman–Crippen LogP) is 2.67. The molecule has 0 radical (unpaired) electrons. The van der Waals surface area contributed by atoms with Crippen molar-refractivity contribution in [2.45, 2.75) is 12.5 Å². The van der Waals surface area contributed by atoms with Gasteiger partial charge in [-0.25, -0.2) is 8.78 Å². The highest BCUT2D eigenvalue weighted by Gasteiger charge is 2.14. The molecule has 0 spiro atoms. The molecule has 0 bridgehead atoms. The SMILES string of the molecule is N#CCC(O)c1cc(F)c(F)cc1Br. The summed E-state index contributed by atoms with van der Waals surface area (Å²) in [5, 5.41) is 17.7. The Morgan fingerprint density at radius 2 is 2.00 bits per heavy atom. The number of nitrogens with zero attached hydrogens (tertiary/aromatic N) is 1. The van der Waals surface area contributed by atoms with E-state index in [0.717, 1.165) is 12.1 Å². The smallest absolute Gasteiger partial charge is 0.159 e. The summed E-state index contributed by atoms with van der Waals surface area (Å²) in [7, 11) is 0. The van der Waals surface area contributed by atoms with E-state index >= 15 is 0 Å². The molecule has 0 saturated carbocycles. The van der Waals surface area contributed by atoms with E-state index in [1.54, 1.807) is 6.07 Å². The number of aliphatic hydroxyl groups is 1. The zero-order valence-electron chi connectivity index (χ0n) is 6.97. The van der Waals surface area contributed by atoms with Gasteiger partial charge in [-0.2, -0.15) is 5.26 Å². The molecule has 74 valence electrons. The van der Waals surface area contributed by atoms with Crippen LogP contribution in [0.15, 0.2) is 16.6 Å². The summed E-state index contributed by atoms with van der Waals surface area (Å²) < 4.78 is 25.7. The van der Waals surface area contributed by atoms with Crippen LogP contribution in [0.25, 0.3) is 0 Å². The minimum Gasteiger partial charge on any atom is -0.387 e. The molecule has 0 fully saturated rings. The van der Waals surface area contributed by atoms with Crippen molar-refractivity contribution in [3.63, 3.8) is 0 Å². The maximum atomic E-state index is 12.8.